The van der Waals surface area contributed by atoms with Crippen molar-refractivity contribution in [1.82, 2.24) is 10.2 Å². The van der Waals surface area contributed by atoms with Gasteiger partial charge in [0, 0.05) is 24.0 Å². The van der Waals surface area contributed by atoms with E-state index in [0.29, 0.717) is 31.0 Å². The summed E-state index contributed by atoms with van der Waals surface area (Å²) in [6.45, 7) is 8.61. The molecule has 2 amide bonds. The topological polar surface area (TPSA) is 58.6 Å². The standard InChI is InChI=1S/C25H33ClN2O3/c1-5-19(3)27-25(30)20(4)28(17-21-10-7-6-9-18(21)2)24(29)11-8-16-31-23-14-12-22(26)13-15-23/h6-7,9-10,12-15,19-20H,5,8,11,16-17H2,1-4H3,(H,27,30)/t19-,20-/m1/s1. The van der Waals surface area contributed by atoms with Crippen LogP contribution in [-0.4, -0.2) is 35.4 Å². The summed E-state index contributed by atoms with van der Waals surface area (Å²) >= 11 is 5.88. The zero-order valence-corrected chi connectivity index (χ0v) is 19.6. The molecule has 2 aromatic rings. The van der Waals surface area contributed by atoms with Gasteiger partial charge in [0.05, 0.1) is 6.61 Å². The van der Waals surface area contributed by atoms with E-state index in [1.807, 2.05) is 45.0 Å². The van der Waals surface area contributed by atoms with E-state index in [9.17, 15) is 9.59 Å². The van der Waals surface area contributed by atoms with Crippen LogP contribution in [-0.2, 0) is 16.1 Å². The van der Waals surface area contributed by atoms with E-state index < -0.39 is 6.04 Å². The van der Waals surface area contributed by atoms with Crippen LogP contribution in [0.4, 0.5) is 0 Å². The fourth-order valence-electron chi connectivity index (χ4n) is 3.11. The largest absolute Gasteiger partial charge is 0.494 e. The molecule has 0 fully saturated rings. The van der Waals surface area contributed by atoms with Gasteiger partial charge in [0.25, 0.3) is 0 Å². The van der Waals surface area contributed by atoms with Crippen LogP contribution in [0.15, 0.2) is 48.5 Å². The van der Waals surface area contributed by atoms with Gasteiger partial charge in [-0.3, -0.25) is 9.59 Å². The van der Waals surface area contributed by atoms with Crippen molar-refractivity contribution in [3.63, 3.8) is 0 Å². The summed E-state index contributed by atoms with van der Waals surface area (Å²) in [6, 6.07) is 14.6. The van der Waals surface area contributed by atoms with Crippen LogP contribution in [0.25, 0.3) is 0 Å². The fraction of sp³-hybridized carbons (Fsp3) is 0.440. The molecule has 0 aliphatic rings. The number of nitrogens with zero attached hydrogens (tertiary/aromatic N) is 1. The molecule has 0 saturated carbocycles. The molecule has 6 heteroatoms. The zero-order valence-electron chi connectivity index (χ0n) is 18.9. The monoisotopic (exact) mass is 444 g/mol. The highest BCUT2D eigenvalue weighted by Gasteiger charge is 2.26. The van der Waals surface area contributed by atoms with E-state index in [1.165, 1.54) is 0 Å². The fourth-order valence-corrected chi connectivity index (χ4v) is 3.23. The van der Waals surface area contributed by atoms with E-state index in [0.717, 1.165) is 23.3 Å². The number of amides is 2. The molecule has 31 heavy (non-hydrogen) atoms. The Balaban J connectivity index is 2.01. The molecule has 0 bridgehead atoms. The van der Waals surface area contributed by atoms with Crippen LogP contribution < -0.4 is 10.1 Å². The molecule has 0 spiro atoms. The molecule has 1 N–H and O–H groups in total. The van der Waals surface area contributed by atoms with Gasteiger partial charge < -0.3 is 15.0 Å². The Morgan fingerprint density at radius 1 is 1.10 bits per heavy atom. The van der Waals surface area contributed by atoms with Crippen LogP contribution in [0.2, 0.25) is 5.02 Å². The van der Waals surface area contributed by atoms with Crippen molar-refractivity contribution >= 4 is 23.4 Å². The van der Waals surface area contributed by atoms with E-state index in [2.05, 4.69) is 5.32 Å². The minimum atomic E-state index is -0.557. The first-order valence-electron chi connectivity index (χ1n) is 10.8. The molecule has 0 aliphatic carbocycles. The van der Waals surface area contributed by atoms with E-state index in [1.54, 1.807) is 36.1 Å². The maximum atomic E-state index is 13.1. The Labute approximate surface area is 190 Å². The SMILES string of the molecule is CC[C@@H](C)NC(=O)[C@@H](C)N(Cc1ccccc1C)C(=O)CCCOc1ccc(Cl)cc1. The third kappa shape index (κ3) is 7.91. The lowest BCUT2D eigenvalue weighted by Gasteiger charge is -2.30. The van der Waals surface area contributed by atoms with Gasteiger partial charge in [-0.1, -0.05) is 42.8 Å². The minimum Gasteiger partial charge on any atom is -0.494 e. The van der Waals surface area contributed by atoms with Gasteiger partial charge >= 0.3 is 0 Å². The summed E-state index contributed by atoms with van der Waals surface area (Å²) in [5, 5.41) is 3.64. The summed E-state index contributed by atoms with van der Waals surface area (Å²) in [4.78, 5) is 27.5. The Kier molecular flexibility index (Phi) is 9.86. The first kappa shape index (κ1) is 24.7. The summed E-state index contributed by atoms with van der Waals surface area (Å²) in [7, 11) is 0. The van der Waals surface area contributed by atoms with Gasteiger partial charge in [0.2, 0.25) is 11.8 Å². The Morgan fingerprint density at radius 3 is 2.42 bits per heavy atom. The molecule has 5 nitrogen and oxygen atoms in total. The number of halogens is 1. The lowest BCUT2D eigenvalue weighted by atomic mass is 10.1. The number of aryl methyl sites for hydroxylation is 1. The zero-order chi connectivity index (χ0) is 22.8. The highest BCUT2D eigenvalue weighted by atomic mass is 35.5. The molecule has 0 radical (unpaired) electrons. The second kappa shape index (κ2) is 12.4. The predicted octanol–water partition coefficient (Wildman–Crippen LogP) is 5.14. The third-order valence-electron chi connectivity index (χ3n) is 5.39. The average molecular weight is 445 g/mol. The molecule has 0 saturated heterocycles. The van der Waals surface area contributed by atoms with Crippen molar-refractivity contribution in [2.45, 2.75) is 65.6 Å². The van der Waals surface area contributed by atoms with Gasteiger partial charge in [0.15, 0.2) is 0 Å². The van der Waals surface area contributed by atoms with Crippen molar-refractivity contribution in [2.24, 2.45) is 0 Å². The van der Waals surface area contributed by atoms with Crippen LogP contribution in [0.5, 0.6) is 5.75 Å². The normalized spacial score (nSPS) is 12.7. The number of carbonyl (C=O) groups excluding carboxylic acids is 2. The molecule has 0 aromatic heterocycles. The van der Waals surface area contributed by atoms with E-state index in [4.69, 9.17) is 16.3 Å². The molecular weight excluding hydrogens is 412 g/mol. The summed E-state index contributed by atoms with van der Waals surface area (Å²) < 4.78 is 5.69. The van der Waals surface area contributed by atoms with Crippen LogP contribution in [0.1, 0.15) is 51.2 Å². The Morgan fingerprint density at radius 2 is 1.77 bits per heavy atom. The first-order valence-corrected chi connectivity index (χ1v) is 11.2. The summed E-state index contributed by atoms with van der Waals surface area (Å²) in [6.07, 6.45) is 1.71. The maximum absolute atomic E-state index is 13.1. The maximum Gasteiger partial charge on any atom is 0.242 e. The highest BCUT2D eigenvalue weighted by molar-refractivity contribution is 6.30. The van der Waals surface area contributed by atoms with Crippen molar-refractivity contribution < 1.29 is 14.3 Å². The van der Waals surface area contributed by atoms with Gasteiger partial charge in [-0.2, -0.15) is 0 Å². The molecule has 168 valence electrons. The summed E-state index contributed by atoms with van der Waals surface area (Å²) in [5.74, 6) is 0.526. The van der Waals surface area contributed by atoms with Crippen LogP contribution in [0.3, 0.4) is 0 Å². The lowest BCUT2D eigenvalue weighted by molar-refractivity contribution is -0.141. The highest BCUT2D eigenvalue weighted by Crippen LogP contribution is 2.17. The predicted molar refractivity (Wildman–Crippen MR) is 125 cm³/mol. The van der Waals surface area contributed by atoms with Crippen molar-refractivity contribution in [3.05, 3.63) is 64.7 Å². The number of nitrogens with one attached hydrogen (secondary N) is 1. The van der Waals surface area contributed by atoms with Crippen molar-refractivity contribution in [2.75, 3.05) is 6.61 Å². The lowest BCUT2D eigenvalue weighted by Crippen LogP contribution is -2.49. The molecule has 2 atom stereocenters. The van der Waals surface area contributed by atoms with Gasteiger partial charge in [-0.25, -0.2) is 0 Å². The summed E-state index contributed by atoms with van der Waals surface area (Å²) in [5.41, 5.74) is 2.14. The van der Waals surface area contributed by atoms with Crippen molar-refractivity contribution in [3.8, 4) is 5.75 Å². The van der Waals surface area contributed by atoms with E-state index >= 15 is 0 Å². The van der Waals surface area contributed by atoms with Gasteiger partial charge in [-0.05, 0) is 69.0 Å². The number of benzene rings is 2. The molecule has 0 unspecified atom stereocenters. The number of rotatable bonds is 11. The van der Waals surface area contributed by atoms with E-state index in [-0.39, 0.29) is 17.9 Å². The number of carbonyl (C=O) groups is 2. The van der Waals surface area contributed by atoms with Crippen molar-refractivity contribution in [1.29, 1.82) is 0 Å². The molecular formula is C25H33ClN2O3. The second-order valence-corrected chi connectivity index (χ2v) is 8.28. The average Bonchev–Trinajstić information content (AvgIpc) is 2.76. The number of hydrogen-bond acceptors (Lipinski definition) is 3. The van der Waals surface area contributed by atoms with Gasteiger partial charge in [0.1, 0.15) is 11.8 Å². The molecule has 2 rings (SSSR count). The smallest absolute Gasteiger partial charge is 0.242 e. The molecule has 0 aliphatic heterocycles. The van der Waals surface area contributed by atoms with Crippen LogP contribution >= 0.6 is 11.6 Å². The van der Waals surface area contributed by atoms with Gasteiger partial charge in [-0.15, -0.1) is 0 Å². The first-order chi connectivity index (χ1) is 14.8. The second-order valence-electron chi connectivity index (χ2n) is 7.85. The Bertz CT molecular complexity index is 854. The van der Waals surface area contributed by atoms with Crippen LogP contribution in [0, 0.1) is 6.92 Å². The quantitative estimate of drug-likeness (QED) is 0.488. The number of ether oxygens (including phenoxy) is 1. The minimum absolute atomic E-state index is 0.0604. The molecule has 2 aromatic carbocycles. The number of hydrogen-bond donors (Lipinski definition) is 1. The molecule has 0 heterocycles. The Hall–Kier alpha value is -2.53. The third-order valence-corrected chi connectivity index (χ3v) is 5.64.